The first kappa shape index (κ1) is 22.0. The average molecular weight is 390 g/mol. The molecule has 0 radical (unpaired) electrons. The van der Waals surface area contributed by atoms with E-state index in [0.29, 0.717) is 0 Å². The van der Waals surface area contributed by atoms with Crippen LogP contribution in [-0.4, -0.2) is 62.6 Å². The predicted molar refractivity (Wildman–Crippen MR) is 91.5 cm³/mol. The maximum atomic E-state index is 12.9. The van der Waals surface area contributed by atoms with Gasteiger partial charge in [0.25, 0.3) is 0 Å². The summed E-state index contributed by atoms with van der Waals surface area (Å²) in [5, 5.41) is 11.5. The second kappa shape index (κ2) is 9.06. The van der Waals surface area contributed by atoms with E-state index < -0.39 is 33.3 Å². The number of carbonyl (C=O) groups is 2. The molecule has 8 nitrogen and oxygen atoms in total. The van der Waals surface area contributed by atoms with Crippen LogP contribution in [0.2, 0.25) is 0 Å². The minimum Gasteiger partial charge on any atom is -0.479 e. The van der Waals surface area contributed by atoms with Crippen molar-refractivity contribution in [1.82, 2.24) is 9.62 Å². The Morgan fingerprint density at radius 1 is 1.31 bits per heavy atom. The second-order valence-corrected chi connectivity index (χ2v) is 8.05. The fraction of sp³-hybridized carbons (Fsp3) is 0.500. The number of nitrogens with zero attached hydrogens (tertiary/aromatic N) is 1. The fourth-order valence-electron chi connectivity index (χ4n) is 2.18. The van der Waals surface area contributed by atoms with Crippen molar-refractivity contribution in [3.8, 4) is 0 Å². The van der Waals surface area contributed by atoms with Gasteiger partial charge >= 0.3 is 5.97 Å². The third kappa shape index (κ3) is 5.75. The highest BCUT2D eigenvalue weighted by Gasteiger charge is 2.34. The van der Waals surface area contributed by atoms with Gasteiger partial charge in [-0.3, -0.25) is 4.79 Å². The van der Waals surface area contributed by atoms with Gasteiger partial charge in [0.15, 0.2) is 5.54 Å². The number of nitrogens with one attached hydrogen (secondary N) is 1. The Balaban J connectivity index is 2.60. The lowest BCUT2D eigenvalue weighted by molar-refractivity contribution is -0.149. The molecule has 1 atom stereocenters. The largest absolute Gasteiger partial charge is 0.479 e. The molecule has 0 fully saturated rings. The molecule has 0 saturated carbocycles. The SMILES string of the molecule is COCC(C)(NC(=O)CCCN(C)S(=O)(=O)c1ccc(F)cc1)C(=O)O. The molecular formula is C16H23FN2O6S. The number of rotatable bonds is 10. The number of hydrogen-bond donors (Lipinski definition) is 2. The first-order valence-electron chi connectivity index (χ1n) is 7.78. The molecule has 1 rings (SSSR count). The molecule has 0 aliphatic carbocycles. The highest BCUT2D eigenvalue weighted by atomic mass is 32.2. The van der Waals surface area contributed by atoms with E-state index in [1.807, 2.05) is 0 Å². The number of aliphatic carboxylic acids is 1. The van der Waals surface area contributed by atoms with Crippen LogP contribution >= 0.6 is 0 Å². The number of halogens is 1. The predicted octanol–water partition coefficient (Wildman–Crippen LogP) is 0.832. The highest BCUT2D eigenvalue weighted by molar-refractivity contribution is 7.89. The molecule has 0 aliphatic rings. The Labute approximate surface area is 152 Å². The van der Waals surface area contributed by atoms with Crippen molar-refractivity contribution >= 4 is 21.9 Å². The van der Waals surface area contributed by atoms with Crippen molar-refractivity contribution in [3.05, 3.63) is 30.1 Å². The molecule has 0 aromatic heterocycles. The monoisotopic (exact) mass is 390 g/mol. The summed E-state index contributed by atoms with van der Waals surface area (Å²) in [5.41, 5.74) is -1.56. The van der Waals surface area contributed by atoms with Crippen molar-refractivity contribution in [2.45, 2.75) is 30.2 Å². The smallest absolute Gasteiger partial charge is 0.331 e. The Morgan fingerprint density at radius 2 is 1.88 bits per heavy atom. The van der Waals surface area contributed by atoms with E-state index in [1.165, 1.54) is 21.1 Å². The molecule has 0 aliphatic heterocycles. The first-order valence-corrected chi connectivity index (χ1v) is 9.22. The van der Waals surface area contributed by atoms with E-state index >= 15 is 0 Å². The van der Waals surface area contributed by atoms with Gasteiger partial charge < -0.3 is 15.2 Å². The van der Waals surface area contributed by atoms with Crippen molar-refractivity contribution < 1.29 is 32.2 Å². The summed E-state index contributed by atoms with van der Waals surface area (Å²) in [4.78, 5) is 23.1. The zero-order valence-electron chi connectivity index (χ0n) is 14.9. The summed E-state index contributed by atoms with van der Waals surface area (Å²) >= 11 is 0. The molecule has 26 heavy (non-hydrogen) atoms. The van der Waals surface area contributed by atoms with Crippen molar-refractivity contribution in [3.63, 3.8) is 0 Å². The van der Waals surface area contributed by atoms with Crippen molar-refractivity contribution in [2.24, 2.45) is 0 Å². The average Bonchev–Trinajstić information content (AvgIpc) is 2.55. The van der Waals surface area contributed by atoms with E-state index in [1.54, 1.807) is 0 Å². The number of carboxylic acids is 1. The lowest BCUT2D eigenvalue weighted by atomic mass is 10.0. The molecule has 0 spiro atoms. The topological polar surface area (TPSA) is 113 Å². The van der Waals surface area contributed by atoms with E-state index in [-0.39, 0.29) is 30.9 Å². The zero-order chi connectivity index (χ0) is 20.0. The van der Waals surface area contributed by atoms with Crippen molar-refractivity contribution in [2.75, 3.05) is 27.3 Å². The summed E-state index contributed by atoms with van der Waals surface area (Å²) < 4.78 is 43.4. The maximum absolute atomic E-state index is 12.9. The van der Waals surface area contributed by atoms with Crippen LogP contribution in [-0.2, 0) is 24.3 Å². The lowest BCUT2D eigenvalue weighted by Crippen LogP contribution is -2.55. The molecule has 1 aromatic carbocycles. The van der Waals surface area contributed by atoms with Gasteiger partial charge in [-0.25, -0.2) is 21.9 Å². The van der Waals surface area contributed by atoms with Gasteiger partial charge in [-0.2, -0.15) is 0 Å². The van der Waals surface area contributed by atoms with Gasteiger partial charge in [-0.05, 0) is 37.6 Å². The zero-order valence-corrected chi connectivity index (χ0v) is 15.7. The number of methoxy groups -OCH3 is 1. The minimum atomic E-state index is -3.79. The third-order valence-electron chi connectivity index (χ3n) is 3.72. The number of amides is 1. The molecule has 0 bridgehead atoms. The number of carbonyl (C=O) groups excluding carboxylic acids is 1. The molecule has 146 valence electrons. The Hall–Kier alpha value is -2.04. The van der Waals surface area contributed by atoms with Gasteiger partial charge in [-0.1, -0.05) is 0 Å². The van der Waals surface area contributed by atoms with Gasteiger partial charge in [-0.15, -0.1) is 0 Å². The van der Waals surface area contributed by atoms with Gasteiger partial charge in [0.1, 0.15) is 5.82 Å². The molecule has 0 heterocycles. The van der Waals surface area contributed by atoms with Crippen LogP contribution in [0, 0.1) is 5.82 Å². The standard InChI is InChI=1S/C16H23FN2O6S/c1-16(11-25-3,15(21)22)18-14(20)5-4-10-19(2)26(23,24)13-8-6-12(17)7-9-13/h6-9H,4-5,10-11H2,1-3H3,(H,18,20)(H,21,22). The van der Waals surface area contributed by atoms with Crippen LogP contribution < -0.4 is 5.32 Å². The van der Waals surface area contributed by atoms with Gasteiger partial charge in [0, 0.05) is 27.1 Å². The van der Waals surface area contributed by atoms with Gasteiger partial charge in [0.2, 0.25) is 15.9 Å². The molecule has 1 unspecified atom stereocenters. The molecule has 10 heteroatoms. The second-order valence-electron chi connectivity index (χ2n) is 6.00. The van der Waals surface area contributed by atoms with E-state index in [2.05, 4.69) is 5.32 Å². The van der Waals surface area contributed by atoms with Crippen LogP contribution in [0.25, 0.3) is 0 Å². The Kier molecular flexibility index (Phi) is 7.67. The Bertz CT molecular complexity index is 738. The van der Waals surface area contributed by atoms with Gasteiger partial charge in [0.05, 0.1) is 11.5 Å². The Morgan fingerprint density at radius 3 is 2.38 bits per heavy atom. The quantitative estimate of drug-likeness (QED) is 0.612. The fourth-order valence-corrected chi connectivity index (χ4v) is 3.39. The number of sulfonamides is 1. The van der Waals surface area contributed by atoms with Crippen LogP contribution in [0.3, 0.4) is 0 Å². The molecule has 0 saturated heterocycles. The highest BCUT2D eigenvalue weighted by Crippen LogP contribution is 2.15. The molecule has 2 N–H and O–H groups in total. The maximum Gasteiger partial charge on any atom is 0.331 e. The summed E-state index contributed by atoms with van der Waals surface area (Å²) in [5.74, 6) is -2.30. The number of carboxylic acid groups (broad SMARTS) is 1. The minimum absolute atomic E-state index is 0.0429. The van der Waals surface area contributed by atoms with Crippen LogP contribution in [0.5, 0.6) is 0 Å². The number of hydrogen-bond acceptors (Lipinski definition) is 5. The molecule has 1 amide bonds. The van der Waals surface area contributed by atoms with Crippen molar-refractivity contribution in [1.29, 1.82) is 0 Å². The normalized spacial score (nSPS) is 14.0. The first-order chi connectivity index (χ1) is 12.0. The van der Waals surface area contributed by atoms with E-state index in [4.69, 9.17) is 9.84 Å². The summed E-state index contributed by atoms with van der Waals surface area (Å²) in [7, 11) is -1.12. The number of benzene rings is 1. The molecule has 1 aromatic rings. The van der Waals surface area contributed by atoms with E-state index in [0.717, 1.165) is 28.6 Å². The van der Waals surface area contributed by atoms with Crippen LogP contribution in [0.15, 0.2) is 29.2 Å². The number of ether oxygens (including phenoxy) is 1. The molecular weight excluding hydrogens is 367 g/mol. The summed E-state index contributed by atoms with van der Waals surface area (Å²) in [6, 6.07) is 4.43. The lowest BCUT2D eigenvalue weighted by Gasteiger charge is -2.25. The third-order valence-corrected chi connectivity index (χ3v) is 5.59. The van der Waals surface area contributed by atoms with Crippen LogP contribution in [0.4, 0.5) is 4.39 Å². The van der Waals surface area contributed by atoms with E-state index in [9.17, 15) is 22.4 Å². The summed E-state index contributed by atoms with van der Waals surface area (Å²) in [6.45, 7) is 1.16. The van der Waals surface area contributed by atoms with Crippen LogP contribution in [0.1, 0.15) is 19.8 Å². The summed E-state index contributed by atoms with van der Waals surface area (Å²) in [6.07, 6.45) is 0.126.